The topological polar surface area (TPSA) is 61.4 Å². The number of nitrogens with zero attached hydrogens (tertiary/aromatic N) is 6. The van der Waals surface area contributed by atoms with Gasteiger partial charge >= 0.3 is 0 Å². The highest BCUT2D eigenvalue weighted by molar-refractivity contribution is 9.10. The van der Waals surface area contributed by atoms with E-state index in [0.717, 1.165) is 20.3 Å². The maximum Gasteiger partial charge on any atom is 0.209 e. The molecule has 8 heteroatoms. The molecule has 6 nitrogen and oxygen atoms in total. The summed E-state index contributed by atoms with van der Waals surface area (Å²) in [6.45, 7) is 2.65. The number of hydrogen-bond donors (Lipinski definition) is 0. The molecule has 102 valence electrons. The second kappa shape index (κ2) is 5.45. The second-order valence-electron chi connectivity index (χ2n) is 4.04. The van der Waals surface area contributed by atoms with Gasteiger partial charge in [-0.3, -0.25) is 0 Å². The first-order valence-electron chi connectivity index (χ1n) is 5.96. The van der Waals surface area contributed by atoms with E-state index in [9.17, 15) is 0 Å². The molecule has 20 heavy (non-hydrogen) atoms. The van der Waals surface area contributed by atoms with E-state index in [0.29, 0.717) is 12.4 Å². The Bertz CT molecular complexity index is 748. The number of aryl methyl sites for hydroxylation is 1. The molecule has 0 radical (unpaired) electrons. The van der Waals surface area contributed by atoms with Crippen molar-refractivity contribution in [1.29, 1.82) is 0 Å². The molecule has 0 atom stereocenters. The Balaban J connectivity index is 2.04. The van der Waals surface area contributed by atoms with Crippen LogP contribution in [0.4, 0.5) is 0 Å². The van der Waals surface area contributed by atoms with E-state index in [1.807, 2.05) is 31.2 Å². The average molecular weight is 398 g/mol. The molecule has 3 rings (SSSR count). The van der Waals surface area contributed by atoms with Crippen molar-refractivity contribution in [2.45, 2.75) is 13.5 Å². The maximum atomic E-state index is 4.37. The van der Waals surface area contributed by atoms with E-state index < -0.39 is 0 Å². The number of rotatable bonds is 3. The zero-order chi connectivity index (χ0) is 14.1. The molecule has 0 aliphatic rings. The Labute approximate surface area is 132 Å². The van der Waals surface area contributed by atoms with Crippen molar-refractivity contribution in [1.82, 2.24) is 30.0 Å². The molecule has 2 aromatic heterocycles. The third-order valence-corrected chi connectivity index (χ3v) is 4.00. The predicted octanol–water partition coefficient (Wildman–Crippen LogP) is 3.07. The number of halogens is 2. The van der Waals surface area contributed by atoms with E-state index in [1.165, 1.54) is 4.80 Å². The van der Waals surface area contributed by atoms with Crippen LogP contribution >= 0.6 is 31.9 Å². The van der Waals surface area contributed by atoms with Gasteiger partial charge in [0.2, 0.25) is 5.82 Å². The fourth-order valence-electron chi connectivity index (χ4n) is 1.76. The maximum absolute atomic E-state index is 4.37. The van der Waals surface area contributed by atoms with Gasteiger partial charge in [-0.2, -0.15) is 9.90 Å². The standard InChI is InChI=1S/C12H10Br2N6/c1-2-19-17-12(16-18-19)10-7-15-20(11(10)14)9-5-3-4-8(13)6-9/h3-7H,2H2,1H3. The highest BCUT2D eigenvalue weighted by atomic mass is 79.9. The molecular formula is C12H10Br2N6. The van der Waals surface area contributed by atoms with Gasteiger partial charge < -0.3 is 0 Å². The van der Waals surface area contributed by atoms with Gasteiger partial charge in [0.25, 0.3) is 0 Å². The van der Waals surface area contributed by atoms with Crippen LogP contribution in [0.5, 0.6) is 0 Å². The molecule has 0 spiro atoms. The van der Waals surface area contributed by atoms with E-state index in [-0.39, 0.29) is 0 Å². The zero-order valence-electron chi connectivity index (χ0n) is 10.5. The van der Waals surface area contributed by atoms with Crippen molar-refractivity contribution >= 4 is 31.9 Å². The van der Waals surface area contributed by atoms with E-state index in [1.54, 1.807) is 10.9 Å². The summed E-state index contributed by atoms with van der Waals surface area (Å²) in [5.74, 6) is 0.556. The number of benzene rings is 1. The molecule has 0 amide bonds. The monoisotopic (exact) mass is 396 g/mol. The zero-order valence-corrected chi connectivity index (χ0v) is 13.7. The third kappa shape index (κ3) is 2.40. The smallest absolute Gasteiger partial charge is 0.209 e. The Kier molecular flexibility index (Phi) is 3.66. The first-order valence-corrected chi connectivity index (χ1v) is 7.55. The van der Waals surface area contributed by atoms with Gasteiger partial charge in [-0.15, -0.1) is 10.2 Å². The fourth-order valence-corrected chi connectivity index (χ4v) is 2.72. The lowest BCUT2D eigenvalue weighted by atomic mass is 10.3. The SMILES string of the molecule is CCn1nnc(-c2cnn(-c3cccc(Br)c3)c2Br)n1. The van der Waals surface area contributed by atoms with Gasteiger partial charge in [0.15, 0.2) is 0 Å². The molecule has 1 aromatic carbocycles. The lowest BCUT2D eigenvalue weighted by molar-refractivity contribution is 0.553. The summed E-state index contributed by atoms with van der Waals surface area (Å²) in [4.78, 5) is 1.54. The Morgan fingerprint density at radius 2 is 2.10 bits per heavy atom. The summed E-state index contributed by atoms with van der Waals surface area (Å²) in [5.41, 5.74) is 1.75. The molecule has 0 saturated carbocycles. The second-order valence-corrected chi connectivity index (χ2v) is 5.71. The van der Waals surface area contributed by atoms with Gasteiger partial charge in [-0.1, -0.05) is 22.0 Å². The van der Waals surface area contributed by atoms with Crippen LogP contribution in [0, 0.1) is 0 Å². The Hall–Kier alpha value is -1.54. The summed E-state index contributed by atoms with van der Waals surface area (Å²) in [6.07, 6.45) is 1.72. The van der Waals surface area contributed by atoms with E-state index >= 15 is 0 Å². The average Bonchev–Trinajstić information content (AvgIpc) is 3.04. The van der Waals surface area contributed by atoms with Crippen molar-refractivity contribution in [3.8, 4) is 17.1 Å². The molecule has 0 saturated heterocycles. The highest BCUT2D eigenvalue weighted by Gasteiger charge is 2.15. The molecule has 2 heterocycles. The summed E-state index contributed by atoms with van der Waals surface area (Å²) in [6, 6.07) is 7.88. The van der Waals surface area contributed by atoms with Crippen molar-refractivity contribution in [2.24, 2.45) is 0 Å². The summed E-state index contributed by atoms with van der Waals surface area (Å²) >= 11 is 7.00. The number of aromatic nitrogens is 6. The van der Waals surface area contributed by atoms with Crippen LogP contribution in [0.2, 0.25) is 0 Å². The van der Waals surface area contributed by atoms with Crippen LogP contribution in [-0.2, 0) is 6.54 Å². The third-order valence-electron chi connectivity index (χ3n) is 2.74. The molecule has 0 aliphatic carbocycles. The quantitative estimate of drug-likeness (QED) is 0.681. The lowest BCUT2D eigenvalue weighted by Crippen LogP contribution is -1.98. The lowest BCUT2D eigenvalue weighted by Gasteiger charge is -2.03. The van der Waals surface area contributed by atoms with E-state index in [4.69, 9.17) is 0 Å². The molecule has 0 aliphatic heterocycles. The Morgan fingerprint density at radius 3 is 2.80 bits per heavy atom. The fraction of sp³-hybridized carbons (Fsp3) is 0.167. The number of hydrogen-bond acceptors (Lipinski definition) is 4. The van der Waals surface area contributed by atoms with Crippen LogP contribution in [0.15, 0.2) is 39.5 Å². The minimum absolute atomic E-state index is 0.556. The molecular weight excluding hydrogens is 388 g/mol. The number of tetrazole rings is 1. The predicted molar refractivity (Wildman–Crippen MR) is 81.4 cm³/mol. The van der Waals surface area contributed by atoms with Crippen molar-refractivity contribution < 1.29 is 0 Å². The first-order chi connectivity index (χ1) is 9.69. The highest BCUT2D eigenvalue weighted by Crippen LogP contribution is 2.28. The minimum Gasteiger partial charge on any atom is -0.226 e. The van der Waals surface area contributed by atoms with Crippen LogP contribution in [-0.4, -0.2) is 30.0 Å². The molecule has 0 bridgehead atoms. The van der Waals surface area contributed by atoms with Crippen molar-refractivity contribution in [3.63, 3.8) is 0 Å². The van der Waals surface area contributed by atoms with Crippen LogP contribution in [0.3, 0.4) is 0 Å². The van der Waals surface area contributed by atoms with Crippen LogP contribution in [0.1, 0.15) is 6.92 Å². The largest absolute Gasteiger partial charge is 0.226 e. The molecule has 0 unspecified atom stereocenters. The Morgan fingerprint density at radius 1 is 1.25 bits per heavy atom. The molecule has 0 fully saturated rings. The van der Waals surface area contributed by atoms with Gasteiger partial charge in [-0.05, 0) is 46.3 Å². The van der Waals surface area contributed by atoms with Gasteiger partial charge in [-0.25, -0.2) is 4.68 Å². The minimum atomic E-state index is 0.556. The van der Waals surface area contributed by atoms with Gasteiger partial charge in [0.1, 0.15) is 4.60 Å². The summed E-state index contributed by atoms with van der Waals surface area (Å²) in [7, 11) is 0. The summed E-state index contributed by atoms with van der Waals surface area (Å²) < 4.78 is 3.58. The normalized spacial score (nSPS) is 10.9. The first kappa shape index (κ1) is 13.4. The van der Waals surface area contributed by atoms with Gasteiger partial charge in [0.05, 0.1) is 24.0 Å². The van der Waals surface area contributed by atoms with Crippen LogP contribution in [0.25, 0.3) is 17.1 Å². The molecule has 3 aromatic rings. The van der Waals surface area contributed by atoms with Gasteiger partial charge in [0, 0.05) is 4.47 Å². The summed E-state index contributed by atoms with van der Waals surface area (Å²) in [5, 5.41) is 16.6. The van der Waals surface area contributed by atoms with Crippen LogP contribution < -0.4 is 0 Å². The molecule has 0 N–H and O–H groups in total. The van der Waals surface area contributed by atoms with Crippen molar-refractivity contribution in [2.75, 3.05) is 0 Å². The van der Waals surface area contributed by atoms with Crippen molar-refractivity contribution in [3.05, 3.63) is 39.5 Å². The van der Waals surface area contributed by atoms with E-state index in [2.05, 4.69) is 52.4 Å².